The van der Waals surface area contributed by atoms with Crippen LogP contribution >= 0.6 is 0 Å². The van der Waals surface area contributed by atoms with Crippen molar-refractivity contribution in [1.29, 1.82) is 0 Å². The second-order valence-electron chi connectivity index (χ2n) is 4.15. The largest absolute Gasteiger partial charge is 0.480 e. The second kappa shape index (κ2) is 7.24. The van der Waals surface area contributed by atoms with E-state index in [9.17, 15) is 9.59 Å². The molecule has 0 aliphatic carbocycles. The van der Waals surface area contributed by atoms with Crippen molar-refractivity contribution in [3.05, 3.63) is 0 Å². The van der Waals surface area contributed by atoms with Crippen molar-refractivity contribution in [2.24, 2.45) is 0 Å². The van der Waals surface area contributed by atoms with E-state index in [0.717, 1.165) is 13.0 Å². The van der Waals surface area contributed by atoms with Crippen molar-refractivity contribution in [3.63, 3.8) is 0 Å². The molecule has 6 nitrogen and oxygen atoms in total. The number of carboxylic acid groups (broad SMARTS) is 1. The highest BCUT2D eigenvalue weighted by atomic mass is 16.5. The molecule has 0 spiro atoms. The fourth-order valence-corrected chi connectivity index (χ4v) is 1.76. The quantitative estimate of drug-likeness (QED) is 0.599. The molecule has 17 heavy (non-hydrogen) atoms. The number of hydrogen-bond acceptors (Lipinski definition) is 4. The summed E-state index contributed by atoms with van der Waals surface area (Å²) in [5.74, 6) is -1.25. The van der Waals surface area contributed by atoms with E-state index in [0.29, 0.717) is 19.6 Å². The lowest BCUT2D eigenvalue weighted by atomic mass is 10.1. The Bertz CT molecular complexity index is 264. The summed E-state index contributed by atoms with van der Waals surface area (Å²) in [6.45, 7) is 3.91. The molecule has 1 aliphatic heterocycles. The van der Waals surface area contributed by atoms with Gasteiger partial charge in [-0.2, -0.15) is 0 Å². The molecule has 2 unspecified atom stereocenters. The van der Waals surface area contributed by atoms with E-state index in [1.807, 2.05) is 6.92 Å². The molecule has 6 heteroatoms. The fourth-order valence-electron chi connectivity index (χ4n) is 1.76. The maximum atomic E-state index is 11.6. The van der Waals surface area contributed by atoms with E-state index < -0.39 is 12.0 Å². The number of aliphatic carboxylic acids is 1. The molecule has 1 saturated heterocycles. The number of rotatable bonds is 6. The highest BCUT2D eigenvalue weighted by molar-refractivity contribution is 5.83. The molecular formula is C11H20N2O4. The van der Waals surface area contributed by atoms with Crippen molar-refractivity contribution in [1.82, 2.24) is 10.6 Å². The predicted molar refractivity (Wildman–Crippen MR) is 61.7 cm³/mol. The third kappa shape index (κ3) is 5.14. The van der Waals surface area contributed by atoms with E-state index in [1.54, 1.807) is 0 Å². The van der Waals surface area contributed by atoms with Crippen molar-refractivity contribution in [2.75, 3.05) is 19.7 Å². The smallest absolute Gasteiger partial charge is 0.326 e. The molecule has 1 aliphatic rings. The van der Waals surface area contributed by atoms with Crippen LogP contribution in [0.5, 0.6) is 0 Å². The number of nitrogens with one attached hydrogen (secondary N) is 2. The Morgan fingerprint density at radius 1 is 1.59 bits per heavy atom. The van der Waals surface area contributed by atoms with E-state index in [4.69, 9.17) is 9.84 Å². The van der Waals surface area contributed by atoms with Crippen LogP contribution in [-0.4, -0.2) is 48.8 Å². The molecule has 0 aromatic carbocycles. The Morgan fingerprint density at radius 3 is 2.88 bits per heavy atom. The molecule has 0 bridgehead atoms. The second-order valence-corrected chi connectivity index (χ2v) is 4.15. The minimum absolute atomic E-state index is 0.153. The van der Waals surface area contributed by atoms with Crippen molar-refractivity contribution < 1.29 is 19.4 Å². The van der Waals surface area contributed by atoms with Crippen molar-refractivity contribution in [3.8, 4) is 0 Å². The summed E-state index contributed by atoms with van der Waals surface area (Å²) >= 11 is 0. The summed E-state index contributed by atoms with van der Waals surface area (Å²) in [4.78, 5) is 22.5. The lowest BCUT2D eigenvalue weighted by Crippen LogP contribution is -2.45. The summed E-state index contributed by atoms with van der Waals surface area (Å²) in [6.07, 6.45) is 1.23. The topological polar surface area (TPSA) is 87.7 Å². The number of carboxylic acids is 1. The van der Waals surface area contributed by atoms with Gasteiger partial charge in [0.1, 0.15) is 6.04 Å². The molecule has 3 N–H and O–H groups in total. The van der Waals surface area contributed by atoms with Crippen LogP contribution < -0.4 is 10.6 Å². The van der Waals surface area contributed by atoms with Crippen LogP contribution in [0.2, 0.25) is 0 Å². The van der Waals surface area contributed by atoms with Gasteiger partial charge in [-0.05, 0) is 6.42 Å². The Kier molecular flexibility index (Phi) is 5.93. The third-order valence-corrected chi connectivity index (χ3v) is 2.63. The zero-order valence-electron chi connectivity index (χ0n) is 10.1. The predicted octanol–water partition coefficient (Wildman–Crippen LogP) is -0.266. The average molecular weight is 244 g/mol. The van der Waals surface area contributed by atoms with E-state index in [-0.39, 0.29) is 18.4 Å². The number of carbonyl (C=O) groups excluding carboxylic acids is 1. The van der Waals surface area contributed by atoms with Gasteiger partial charge in [0.15, 0.2) is 0 Å². The number of carbonyl (C=O) groups is 2. The molecule has 1 amide bonds. The molecule has 0 aromatic heterocycles. The van der Waals surface area contributed by atoms with E-state index in [2.05, 4.69) is 10.6 Å². The normalized spacial score (nSPS) is 21.8. The van der Waals surface area contributed by atoms with Gasteiger partial charge in [0, 0.05) is 13.1 Å². The summed E-state index contributed by atoms with van der Waals surface area (Å²) in [5.41, 5.74) is 0. The first-order valence-electron chi connectivity index (χ1n) is 5.98. The van der Waals surface area contributed by atoms with E-state index in [1.165, 1.54) is 0 Å². The highest BCUT2D eigenvalue weighted by Gasteiger charge is 2.22. The Labute approximate surface area is 101 Å². The number of ether oxygens (including phenoxy) is 1. The maximum Gasteiger partial charge on any atom is 0.326 e. The first-order chi connectivity index (χ1) is 8.13. The molecule has 1 rings (SSSR count). The standard InChI is InChI=1S/C11H20N2O4/c1-2-3-9(11(15)16)13-10(14)6-8-7-12-4-5-17-8/h8-9,12H,2-7H2,1H3,(H,13,14)(H,15,16). The molecular weight excluding hydrogens is 224 g/mol. The Hall–Kier alpha value is -1.14. The van der Waals surface area contributed by atoms with Crippen LogP contribution in [0.15, 0.2) is 0 Å². The monoisotopic (exact) mass is 244 g/mol. The molecule has 98 valence electrons. The number of morpholine rings is 1. The van der Waals surface area contributed by atoms with Gasteiger partial charge < -0.3 is 20.5 Å². The number of hydrogen-bond donors (Lipinski definition) is 3. The molecule has 0 saturated carbocycles. The summed E-state index contributed by atoms with van der Waals surface area (Å²) in [5, 5.41) is 14.5. The van der Waals surface area contributed by atoms with Crippen LogP contribution in [0.1, 0.15) is 26.2 Å². The van der Waals surface area contributed by atoms with Gasteiger partial charge in [0.05, 0.1) is 19.1 Å². The van der Waals surface area contributed by atoms with Gasteiger partial charge in [-0.1, -0.05) is 13.3 Å². The van der Waals surface area contributed by atoms with Gasteiger partial charge in [0.2, 0.25) is 5.91 Å². The van der Waals surface area contributed by atoms with Crippen LogP contribution in [-0.2, 0) is 14.3 Å². The van der Waals surface area contributed by atoms with Crippen molar-refractivity contribution >= 4 is 11.9 Å². The minimum Gasteiger partial charge on any atom is -0.480 e. The van der Waals surface area contributed by atoms with Gasteiger partial charge in [-0.3, -0.25) is 4.79 Å². The molecule has 1 fully saturated rings. The maximum absolute atomic E-state index is 11.6. The van der Waals surface area contributed by atoms with Crippen LogP contribution in [0.3, 0.4) is 0 Å². The molecule has 2 atom stereocenters. The minimum atomic E-state index is -0.983. The van der Waals surface area contributed by atoms with Gasteiger partial charge >= 0.3 is 5.97 Å². The highest BCUT2D eigenvalue weighted by Crippen LogP contribution is 2.03. The number of amides is 1. The summed E-state index contributed by atoms with van der Waals surface area (Å²) < 4.78 is 5.38. The average Bonchev–Trinajstić information content (AvgIpc) is 2.29. The molecule has 0 aromatic rings. The van der Waals surface area contributed by atoms with Gasteiger partial charge in [-0.15, -0.1) is 0 Å². The fraction of sp³-hybridized carbons (Fsp3) is 0.818. The summed E-state index contributed by atoms with van der Waals surface area (Å²) in [6, 6.07) is -0.788. The van der Waals surface area contributed by atoms with Gasteiger partial charge in [0.25, 0.3) is 0 Å². The van der Waals surface area contributed by atoms with Crippen LogP contribution in [0.25, 0.3) is 0 Å². The Morgan fingerprint density at radius 2 is 2.35 bits per heavy atom. The van der Waals surface area contributed by atoms with Crippen molar-refractivity contribution in [2.45, 2.75) is 38.3 Å². The molecule has 1 heterocycles. The first kappa shape index (κ1) is 13.9. The summed E-state index contributed by atoms with van der Waals surface area (Å²) in [7, 11) is 0. The van der Waals surface area contributed by atoms with Crippen LogP contribution in [0.4, 0.5) is 0 Å². The molecule has 0 radical (unpaired) electrons. The third-order valence-electron chi connectivity index (χ3n) is 2.63. The first-order valence-corrected chi connectivity index (χ1v) is 5.98. The lowest BCUT2D eigenvalue weighted by Gasteiger charge is -2.23. The SMILES string of the molecule is CCCC(NC(=O)CC1CNCCO1)C(=O)O. The zero-order chi connectivity index (χ0) is 12.7. The van der Waals surface area contributed by atoms with Gasteiger partial charge in [-0.25, -0.2) is 4.79 Å². The van der Waals surface area contributed by atoms with E-state index >= 15 is 0 Å². The lowest BCUT2D eigenvalue weighted by molar-refractivity contribution is -0.142. The zero-order valence-corrected chi connectivity index (χ0v) is 10.1. The van der Waals surface area contributed by atoms with Crippen LogP contribution in [0, 0.1) is 0 Å². The Balaban J connectivity index is 2.33.